The van der Waals surface area contributed by atoms with Gasteiger partial charge in [-0.1, -0.05) is 63.9 Å². The molecule has 0 saturated heterocycles. The Morgan fingerprint density at radius 3 is 1.78 bits per heavy atom. The van der Waals surface area contributed by atoms with E-state index in [9.17, 15) is 38.4 Å². The number of benzene rings is 1. The maximum Gasteiger partial charge on any atom is 0.243 e. The van der Waals surface area contributed by atoms with Crippen molar-refractivity contribution in [3.8, 4) is 0 Å². The first-order chi connectivity index (χ1) is 33.0. The number of H-pyrrole nitrogens is 1. The quantitative estimate of drug-likeness (QED) is 0.0177. The molecular weight excluding hydrogens is 889 g/mol. The van der Waals surface area contributed by atoms with Crippen molar-refractivity contribution in [2.75, 3.05) is 19.6 Å². The summed E-state index contributed by atoms with van der Waals surface area (Å²) in [4.78, 5) is 118. The molecule has 22 nitrogen and oxygen atoms in total. The molecule has 0 aliphatic heterocycles. The molecular formula is C47H78N14O8. The Balaban J connectivity index is 2.38. The average Bonchev–Trinajstić information content (AvgIpc) is 3.83. The van der Waals surface area contributed by atoms with Crippen molar-refractivity contribution >= 4 is 53.6 Å². The number of carbonyl (C=O) groups excluding carboxylic acids is 8. The van der Waals surface area contributed by atoms with Crippen molar-refractivity contribution in [1.29, 1.82) is 0 Å². The molecule has 384 valence electrons. The fraction of sp³-hybridized carbons (Fsp3) is 0.617. The van der Waals surface area contributed by atoms with Crippen molar-refractivity contribution in [1.82, 2.24) is 47.2 Å². The van der Waals surface area contributed by atoms with E-state index in [1.54, 1.807) is 0 Å². The van der Waals surface area contributed by atoms with Crippen molar-refractivity contribution in [3.05, 3.63) is 54.1 Å². The van der Waals surface area contributed by atoms with E-state index in [2.05, 4.69) is 52.2 Å². The lowest BCUT2D eigenvalue weighted by Crippen LogP contribution is -2.60. The van der Waals surface area contributed by atoms with Crippen LogP contribution in [-0.4, -0.2) is 125 Å². The van der Waals surface area contributed by atoms with Crippen LogP contribution in [0.3, 0.4) is 0 Å². The van der Waals surface area contributed by atoms with Crippen LogP contribution in [0.1, 0.15) is 116 Å². The van der Waals surface area contributed by atoms with Gasteiger partial charge in [-0.3, -0.25) is 38.6 Å². The molecule has 0 fully saturated rings. The van der Waals surface area contributed by atoms with Crippen molar-refractivity contribution in [3.63, 3.8) is 0 Å². The maximum absolute atomic E-state index is 14.3. The first kappa shape index (κ1) is 58.7. The van der Waals surface area contributed by atoms with Gasteiger partial charge in [0.1, 0.15) is 36.5 Å². The zero-order chi connectivity index (χ0) is 51.1. The van der Waals surface area contributed by atoms with Crippen molar-refractivity contribution < 1.29 is 38.4 Å². The van der Waals surface area contributed by atoms with Gasteiger partial charge in [0.25, 0.3) is 0 Å². The summed E-state index contributed by atoms with van der Waals surface area (Å²) in [6, 6.07) is 1.58. The third-order valence-electron chi connectivity index (χ3n) is 11.0. The lowest BCUT2D eigenvalue weighted by molar-refractivity contribution is -0.135. The molecule has 0 radical (unpaired) electrons. The molecule has 0 aliphatic carbocycles. The van der Waals surface area contributed by atoms with Gasteiger partial charge in [0.05, 0.1) is 18.4 Å². The number of hydrogen-bond acceptors (Lipinski definition) is 12. The van der Waals surface area contributed by atoms with Gasteiger partial charge >= 0.3 is 0 Å². The van der Waals surface area contributed by atoms with Crippen LogP contribution in [0, 0.1) is 5.92 Å². The number of aromatic amines is 1. The molecule has 0 spiro atoms. The number of aldehydes is 1. The van der Waals surface area contributed by atoms with Crippen LogP contribution in [0.5, 0.6) is 0 Å². The molecule has 0 saturated carbocycles. The zero-order valence-electron chi connectivity index (χ0n) is 40.7. The highest BCUT2D eigenvalue weighted by Crippen LogP contribution is 2.12. The molecule has 1 aromatic heterocycles. The Kier molecular flexibility index (Phi) is 28.2. The van der Waals surface area contributed by atoms with Gasteiger partial charge in [0.2, 0.25) is 41.4 Å². The Bertz CT molecular complexity index is 1910. The predicted octanol–water partition coefficient (Wildman–Crippen LogP) is -0.645. The summed E-state index contributed by atoms with van der Waals surface area (Å²) < 4.78 is 0. The average molecular weight is 967 g/mol. The fourth-order valence-electron chi connectivity index (χ4n) is 7.28. The number of hydrogen-bond donors (Lipinski definition) is 12. The highest BCUT2D eigenvalue weighted by Gasteiger charge is 2.33. The van der Waals surface area contributed by atoms with Gasteiger partial charge in [0.15, 0.2) is 5.96 Å². The molecule has 0 unspecified atom stereocenters. The molecule has 1 heterocycles. The van der Waals surface area contributed by atoms with E-state index in [4.69, 9.17) is 22.9 Å². The number of imidazole rings is 1. The summed E-state index contributed by atoms with van der Waals surface area (Å²) >= 11 is 0. The van der Waals surface area contributed by atoms with Crippen LogP contribution in [0.2, 0.25) is 0 Å². The van der Waals surface area contributed by atoms with Gasteiger partial charge in [-0.05, 0) is 88.7 Å². The molecule has 16 N–H and O–H groups in total. The summed E-state index contributed by atoms with van der Waals surface area (Å²) in [5.74, 6) is -4.31. The molecule has 2 aromatic rings. The largest absolute Gasteiger partial charge is 0.370 e. The zero-order valence-corrected chi connectivity index (χ0v) is 40.7. The summed E-state index contributed by atoms with van der Waals surface area (Å²) in [5, 5.41) is 19.3. The van der Waals surface area contributed by atoms with Crippen LogP contribution in [-0.2, 0) is 51.2 Å². The molecule has 7 amide bonds. The molecule has 0 aliphatic rings. The number of unbranched alkanes of at least 4 members (excludes halogenated alkanes) is 3. The van der Waals surface area contributed by atoms with E-state index in [-0.39, 0.29) is 69.3 Å². The standard InChI is InChI=1S/C47H78N14O8/c1-5-6-18-36(42(65)56-34(28-62)25-32-15-8-7-9-16-32)58-45(68)39(24-30(2)3)61-44(67)38(20-11-13-22-53-31(4)63)57-43(66)37(19-10-12-21-48)59-46(69)40(26-33-27-52-29-55-33)60-41(64)35(49)17-14-23-54-47(50)51/h7-9,15-16,27-30,34-40H,5-6,10-14,17-26,48-49H2,1-4H3,(H,52,55)(H,53,63)(H,56,65)(H,57,66)(H,58,68)(H,59,69)(H,60,64)(H,61,67)(H4,50,51,54)/t34-,35-,36-,37-,38-,39-,40-/m0/s1. The Labute approximate surface area is 405 Å². The van der Waals surface area contributed by atoms with E-state index in [0.29, 0.717) is 63.6 Å². The highest BCUT2D eigenvalue weighted by atomic mass is 16.2. The lowest BCUT2D eigenvalue weighted by atomic mass is 10.00. The Morgan fingerprint density at radius 1 is 0.696 bits per heavy atom. The summed E-state index contributed by atoms with van der Waals surface area (Å²) in [7, 11) is 0. The molecule has 69 heavy (non-hydrogen) atoms. The van der Waals surface area contributed by atoms with Gasteiger partial charge in [0, 0.05) is 38.3 Å². The second-order valence-corrected chi connectivity index (χ2v) is 17.6. The van der Waals surface area contributed by atoms with E-state index < -0.39 is 77.7 Å². The number of amides is 7. The van der Waals surface area contributed by atoms with E-state index in [1.165, 1.54) is 19.4 Å². The number of guanidine groups is 1. The molecule has 0 bridgehead atoms. The third-order valence-corrected chi connectivity index (χ3v) is 11.0. The van der Waals surface area contributed by atoms with Gasteiger partial charge in [-0.25, -0.2) is 4.98 Å². The number of nitrogens with two attached hydrogens (primary N) is 4. The van der Waals surface area contributed by atoms with Gasteiger partial charge in [-0.2, -0.15) is 0 Å². The van der Waals surface area contributed by atoms with E-state index in [1.807, 2.05) is 51.1 Å². The lowest BCUT2D eigenvalue weighted by Gasteiger charge is -2.28. The molecule has 1 aromatic carbocycles. The number of aromatic nitrogens is 2. The van der Waals surface area contributed by atoms with Crippen LogP contribution in [0.4, 0.5) is 0 Å². The van der Waals surface area contributed by atoms with Gasteiger partial charge in [-0.15, -0.1) is 0 Å². The Morgan fingerprint density at radius 2 is 1.25 bits per heavy atom. The number of nitrogens with one attached hydrogen (secondary N) is 8. The third kappa shape index (κ3) is 24.4. The summed E-state index contributed by atoms with van der Waals surface area (Å²) in [6.45, 7) is 7.93. The van der Waals surface area contributed by atoms with Crippen molar-refractivity contribution in [2.45, 2.75) is 160 Å². The van der Waals surface area contributed by atoms with Crippen LogP contribution in [0.25, 0.3) is 0 Å². The number of nitrogens with zero attached hydrogens (tertiary/aromatic N) is 2. The monoisotopic (exact) mass is 967 g/mol. The molecule has 2 rings (SSSR count). The minimum atomic E-state index is -1.21. The second-order valence-electron chi connectivity index (χ2n) is 17.6. The predicted molar refractivity (Wildman–Crippen MR) is 262 cm³/mol. The minimum Gasteiger partial charge on any atom is -0.370 e. The fourth-order valence-corrected chi connectivity index (χ4v) is 7.28. The smallest absolute Gasteiger partial charge is 0.243 e. The van der Waals surface area contributed by atoms with Crippen LogP contribution >= 0.6 is 0 Å². The normalized spacial score (nSPS) is 14.1. The molecule has 7 atom stereocenters. The topological polar surface area (TPSA) is 366 Å². The number of aliphatic imine (C=N–C) groups is 1. The summed E-state index contributed by atoms with van der Waals surface area (Å²) in [5.41, 5.74) is 24.1. The Hall–Kier alpha value is -6.42. The molecule has 22 heteroatoms. The van der Waals surface area contributed by atoms with E-state index >= 15 is 0 Å². The second kappa shape index (κ2) is 33.1. The first-order valence-corrected chi connectivity index (χ1v) is 24.0. The maximum atomic E-state index is 14.3. The summed E-state index contributed by atoms with van der Waals surface area (Å²) in [6.07, 6.45) is 8.14. The number of rotatable bonds is 35. The van der Waals surface area contributed by atoms with Crippen LogP contribution < -0.4 is 60.2 Å². The SMILES string of the molecule is CCCC[C@H](NC(=O)[C@H](CC(C)C)NC(=O)[C@H](CCCCNC(C)=O)NC(=O)[C@H](CCCCN)NC(=O)[C@H](Cc1cnc[nH]1)NC(=O)[C@@H](N)CCCN=C(N)N)C(=O)N[C@H](C=O)Cc1ccccc1. The van der Waals surface area contributed by atoms with E-state index in [0.717, 1.165) is 12.0 Å². The van der Waals surface area contributed by atoms with Gasteiger partial charge < -0.3 is 69.9 Å². The van der Waals surface area contributed by atoms with Crippen LogP contribution in [0.15, 0.2) is 47.8 Å². The highest BCUT2D eigenvalue weighted by molar-refractivity contribution is 5.97. The van der Waals surface area contributed by atoms with Crippen molar-refractivity contribution in [2.24, 2.45) is 33.8 Å². The minimum absolute atomic E-state index is 0.0274. The number of carbonyl (C=O) groups is 8. The first-order valence-electron chi connectivity index (χ1n) is 24.0.